The summed E-state index contributed by atoms with van der Waals surface area (Å²) in [5.41, 5.74) is 2.24. The molecule has 58 heavy (non-hydrogen) atoms. The first-order valence-corrected chi connectivity index (χ1v) is 20.6. The lowest BCUT2D eigenvalue weighted by Crippen LogP contribution is -2.54. The lowest BCUT2D eigenvalue weighted by Gasteiger charge is -2.37. The minimum Gasteiger partial charge on any atom is -0.490 e. The highest BCUT2D eigenvalue weighted by Crippen LogP contribution is 2.38. The summed E-state index contributed by atoms with van der Waals surface area (Å²) in [4.78, 5) is 71.9. The molecule has 15 nitrogen and oxygen atoms in total. The average Bonchev–Trinajstić information content (AvgIpc) is 3.89. The Labute approximate surface area is 340 Å². The third kappa shape index (κ3) is 7.35. The molecule has 16 heteroatoms. The summed E-state index contributed by atoms with van der Waals surface area (Å²) < 4.78 is 6.08. The number of rotatable bonds is 8. The van der Waals surface area contributed by atoms with Crippen molar-refractivity contribution in [3.05, 3.63) is 75.9 Å². The van der Waals surface area contributed by atoms with Crippen LogP contribution in [0.2, 0.25) is 5.02 Å². The van der Waals surface area contributed by atoms with Crippen LogP contribution in [0.4, 0.5) is 11.5 Å². The van der Waals surface area contributed by atoms with Gasteiger partial charge in [-0.1, -0.05) is 11.6 Å². The summed E-state index contributed by atoms with van der Waals surface area (Å²) >= 11 is 6.15. The van der Waals surface area contributed by atoms with Crippen LogP contribution in [0.1, 0.15) is 88.1 Å². The van der Waals surface area contributed by atoms with Gasteiger partial charge >= 0.3 is 0 Å². The third-order valence-corrected chi connectivity index (χ3v) is 13.2. The Kier molecular flexibility index (Phi) is 10.2. The minimum absolute atomic E-state index is 0.0185. The summed E-state index contributed by atoms with van der Waals surface area (Å²) in [6.45, 7) is 5.50. The smallest absolute Gasteiger partial charge is 0.272 e. The second-order valence-electron chi connectivity index (χ2n) is 16.4. The molecule has 0 spiro atoms. The Balaban J connectivity index is 0.717. The van der Waals surface area contributed by atoms with E-state index in [1.54, 1.807) is 36.4 Å². The predicted molar refractivity (Wildman–Crippen MR) is 211 cm³/mol. The lowest BCUT2D eigenvalue weighted by atomic mass is 9.93. The molecular formula is C42H44ClN9O6. The fraction of sp³-hybridized carbons (Fsp3) is 0.476. The van der Waals surface area contributed by atoms with Crippen molar-refractivity contribution >= 4 is 52.6 Å². The molecule has 5 aliphatic heterocycles. The molecule has 1 aliphatic carbocycles. The highest BCUT2D eigenvalue weighted by molar-refractivity contribution is 6.31. The minimum atomic E-state index is -0.974. The first-order valence-electron chi connectivity index (χ1n) is 20.2. The number of amides is 5. The van der Waals surface area contributed by atoms with Gasteiger partial charge in [0.15, 0.2) is 11.5 Å². The third-order valence-electron chi connectivity index (χ3n) is 12.9. The second-order valence-corrected chi connectivity index (χ2v) is 16.8. The van der Waals surface area contributed by atoms with Gasteiger partial charge in [0.25, 0.3) is 17.7 Å². The largest absolute Gasteiger partial charge is 0.490 e. The van der Waals surface area contributed by atoms with Crippen molar-refractivity contribution in [1.29, 1.82) is 5.26 Å². The van der Waals surface area contributed by atoms with Crippen LogP contribution < -0.4 is 25.2 Å². The number of fused-ring (bicyclic) bond motifs is 2. The number of piperidine rings is 2. The Hall–Kier alpha value is -5.59. The van der Waals surface area contributed by atoms with Crippen molar-refractivity contribution in [2.75, 3.05) is 49.1 Å². The van der Waals surface area contributed by atoms with E-state index in [2.05, 4.69) is 41.6 Å². The summed E-state index contributed by atoms with van der Waals surface area (Å²) in [6.07, 6.45) is 5.43. The van der Waals surface area contributed by atoms with Gasteiger partial charge in [0.2, 0.25) is 11.8 Å². The van der Waals surface area contributed by atoms with Gasteiger partial charge in [-0.15, -0.1) is 10.2 Å². The van der Waals surface area contributed by atoms with Crippen LogP contribution in [0.3, 0.4) is 0 Å². The van der Waals surface area contributed by atoms with Crippen LogP contribution in [0.15, 0.2) is 48.5 Å². The van der Waals surface area contributed by atoms with Crippen molar-refractivity contribution in [3.63, 3.8) is 0 Å². The van der Waals surface area contributed by atoms with E-state index in [9.17, 15) is 24.0 Å². The van der Waals surface area contributed by atoms with E-state index in [-0.39, 0.29) is 30.9 Å². The Morgan fingerprint density at radius 1 is 0.828 bits per heavy atom. The van der Waals surface area contributed by atoms with Crippen LogP contribution in [0, 0.1) is 23.2 Å². The predicted octanol–water partition coefficient (Wildman–Crippen LogP) is 3.56. The zero-order chi connectivity index (χ0) is 40.1. The molecule has 300 valence electrons. The number of carbonyl (C=O) groups excluding carboxylic acids is 5. The normalized spacial score (nSPS) is 26.3. The molecule has 5 fully saturated rings. The van der Waals surface area contributed by atoms with Gasteiger partial charge in [-0.2, -0.15) is 5.26 Å². The second kappa shape index (κ2) is 15.6. The van der Waals surface area contributed by atoms with Crippen molar-refractivity contribution in [2.24, 2.45) is 11.8 Å². The van der Waals surface area contributed by atoms with Gasteiger partial charge in [-0.25, -0.2) is 0 Å². The molecule has 6 aliphatic rings. The van der Waals surface area contributed by atoms with Gasteiger partial charge in [-0.05, 0) is 99.2 Å². The summed E-state index contributed by atoms with van der Waals surface area (Å²) in [5.74, 6) is 0.234. The van der Waals surface area contributed by atoms with Crippen LogP contribution >= 0.6 is 11.6 Å². The molecule has 0 bridgehead atoms. The monoisotopic (exact) mass is 805 g/mol. The van der Waals surface area contributed by atoms with Crippen molar-refractivity contribution in [1.82, 2.24) is 30.6 Å². The summed E-state index contributed by atoms with van der Waals surface area (Å²) in [6, 6.07) is 15.7. The number of nitrogens with one attached hydrogen (secondary N) is 2. The maximum atomic E-state index is 13.4. The van der Waals surface area contributed by atoms with Crippen molar-refractivity contribution in [2.45, 2.75) is 75.6 Å². The van der Waals surface area contributed by atoms with Crippen LogP contribution in [-0.4, -0.2) is 113 Å². The number of imide groups is 2. The number of nitriles is 1. The SMILES string of the molecule is N#Cc1ccc(O[C@H]2CC[C@H](NC(=O)c3ccc(N4CCC(N5CC6CN(c7ccc8c(c7)C(=O)N(C7CCC(=O)NC7=O)C8=O)CC6C5)CC4)nn3)CC2)cc1Cl. The first kappa shape index (κ1) is 38.0. The maximum absolute atomic E-state index is 13.4. The molecule has 3 atom stereocenters. The fourth-order valence-electron chi connectivity index (χ4n) is 9.71. The number of carbonyl (C=O) groups is 5. The number of likely N-dealkylation sites (tertiary alicyclic amines) is 1. The zero-order valence-corrected chi connectivity index (χ0v) is 32.7. The number of benzene rings is 2. The Morgan fingerprint density at radius 2 is 1.57 bits per heavy atom. The van der Waals surface area contributed by atoms with Gasteiger partial charge in [0.1, 0.15) is 17.9 Å². The average molecular weight is 806 g/mol. The van der Waals surface area contributed by atoms with Crippen LogP contribution in [-0.2, 0) is 9.59 Å². The molecular weight excluding hydrogens is 762 g/mol. The molecule has 1 aromatic heterocycles. The molecule has 4 saturated heterocycles. The molecule has 5 amide bonds. The van der Waals surface area contributed by atoms with E-state index in [4.69, 9.17) is 21.6 Å². The molecule has 3 unspecified atom stereocenters. The highest BCUT2D eigenvalue weighted by atomic mass is 35.5. The molecule has 0 radical (unpaired) electrons. The molecule has 6 heterocycles. The molecule has 9 rings (SSSR count). The van der Waals surface area contributed by atoms with Crippen molar-refractivity contribution < 1.29 is 28.7 Å². The quantitative estimate of drug-likeness (QED) is 0.317. The van der Waals surface area contributed by atoms with E-state index in [0.717, 1.165) is 94.2 Å². The van der Waals surface area contributed by atoms with E-state index in [0.29, 0.717) is 51.0 Å². The molecule has 2 N–H and O–H groups in total. The number of ether oxygens (including phenoxy) is 1. The number of anilines is 2. The standard InChI is InChI=1S/C42H44ClN9O6/c43-34-18-31(5-1-24(34)19-44)58-30-6-2-27(3-7-30)45-39(54)35-9-11-37(48-47-35)49-15-13-28(14-16-49)50-20-25-22-51(23-26(25)21-50)29-4-8-32-33(17-29)42(57)52(41(32)56)36-10-12-38(53)46-40(36)55/h1,4-5,8-9,11,17-18,25-28,30,36H,2-3,6-7,10,12-16,20-23H2,(H,45,54)(H,46,53,55)/t25?,26?,27-,30-,36?. The molecule has 1 saturated carbocycles. The topological polar surface area (TPSA) is 181 Å². The van der Waals surface area contributed by atoms with E-state index in [1.807, 2.05) is 12.1 Å². The zero-order valence-electron chi connectivity index (χ0n) is 31.9. The van der Waals surface area contributed by atoms with E-state index >= 15 is 0 Å². The van der Waals surface area contributed by atoms with Gasteiger partial charge < -0.3 is 19.9 Å². The molecule has 3 aromatic rings. The Morgan fingerprint density at radius 3 is 2.24 bits per heavy atom. The van der Waals surface area contributed by atoms with Gasteiger partial charge in [-0.3, -0.25) is 39.1 Å². The highest BCUT2D eigenvalue weighted by Gasteiger charge is 2.46. The number of hydrogen-bond acceptors (Lipinski definition) is 12. The first-order chi connectivity index (χ1) is 28.1. The fourth-order valence-corrected chi connectivity index (χ4v) is 9.92. The number of halogens is 1. The van der Waals surface area contributed by atoms with Crippen LogP contribution in [0.5, 0.6) is 5.75 Å². The summed E-state index contributed by atoms with van der Waals surface area (Å²) in [5, 5.41) is 23.6. The Bertz CT molecular complexity index is 2180. The lowest BCUT2D eigenvalue weighted by molar-refractivity contribution is -0.136. The van der Waals surface area contributed by atoms with E-state index < -0.39 is 29.7 Å². The van der Waals surface area contributed by atoms with Gasteiger partial charge in [0, 0.05) is 69.5 Å². The molecule has 2 aromatic carbocycles. The number of hydrogen-bond donors (Lipinski definition) is 2. The maximum Gasteiger partial charge on any atom is 0.272 e. The summed E-state index contributed by atoms with van der Waals surface area (Å²) in [7, 11) is 0. The number of nitrogens with zero attached hydrogens (tertiary/aromatic N) is 7. The van der Waals surface area contributed by atoms with E-state index in [1.165, 1.54) is 0 Å². The van der Waals surface area contributed by atoms with Crippen LogP contribution in [0.25, 0.3) is 0 Å². The van der Waals surface area contributed by atoms with Crippen molar-refractivity contribution in [3.8, 4) is 11.8 Å². The van der Waals surface area contributed by atoms with Gasteiger partial charge in [0.05, 0.1) is 27.8 Å². The number of aromatic nitrogens is 2.